The molecule has 0 spiro atoms. The Labute approximate surface area is 130 Å². The number of hydrogen-bond acceptors (Lipinski definition) is 9. The lowest BCUT2D eigenvalue weighted by atomic mass is 9.89. The van der Waals surface area contributed by atoms with E-state index in [1.54, 1.807) is 6.92 Å². The molecule has 1 aliphatic rings. The smallest absolute Gasteiger partial charge is 0.302 e. The number of nitrogens with zero attached hydrogens (tertiary/aromatic N) is 4. The summed E-state index contributed by atoms with van der Waals surface area (Å²) in [6.45, 7) is 3.70. The fourth-order valence-electron chi connectivity index (χ4n) is 2.17. The molecule has 0 saturated carbocycles. The molecule has 1 rings (SSSR count). The normalized spacial score (nSPS) is 29.8. The van der Waals surface area contributed by atoms with Crippen LogP contribution in [-0.2, 0) is 28.6 Å². The van der Waals surface area contributed by atoms with E-state index in [0.717, 1.165) is 6.92 Å². The molecule has 12 nitrogen and oxygen atoms in total. The Morgan fingerprint density at radius 3 is 2.52 bits per heavy atom. The predicted molar refractivity (Wildman–Crippen MR) is 71.0 cm³/mol. The van der Waals surface area contributed by atoms with Crippen molar-refractivity contribution >= 4 is 11.9 Å². The van der Waals surface area contributed by atoms with Gasteiger partial charge in [-0.05, 0) is 5.53 Å². The van der Waals surface area contributed by atoms with Gasteiger partial charge in [-0.25, -0.2) is 0 Å². The van der Waals surface area contributed by atoms with E-state index in [9.17, 15) is 19.7 Å². The summed E-state index contributed by atoms with van der Waals surface area (Å²) in [5, 5.41) is 12.8. The molecule has 1 aliphatic heterocycles. The summed E-state index contributed by atoms with van der Waals surface area (Å²) in [5.74, 6) is -1.82. The van der Waals surface area contributed by atoms with E-state index < -0.39 is 47.5 Å². The number of hydrogen-bond donors (Lipinski definition) is 0. The molecule has 0 amide bonds. The average molecular weight is 332 g/mol. The third-order valence-corrected chi connectivity index (χ3v) is 3.16. The molecule has 128 valence electrons. The second-order valence-corrected chi connectivity index (χ2v) is 4.80. The van der Waals surface area contributed by atoms with Gasteiger partial charge >= 0.3 is 11.9 Å². The number of azide groups is 1. The summed E-state index contributed by atoms with van der Waals surface area (Å²) < 4.78 is 15.3. The summed E-state index contributed by atoms with van der Waals surface area (Å²) in [6, 6.07) is -1.27. The highest BCUT2D eigenvalue weighted by Crippen LogP contribution is 2.31. The molecule has 0 aliphatic carbocycles. The minimum absolute atomic E-state index is 0.227. The Morgan fingerprint density at radius 2 is 2.04 bits per heavy atom. The van der Waals surface area contributed by atoms with Crippen molar-refractivity contribution < 1.29 is 33.7 Å². The largest absolute Gasteiger partial charge is 0.463 e. The van der Waals surface area contributed by atoms with Crippen molar-refractivity contribution in [2.24, 2.45) is 11.0 Å². The van der Waals surface area contributed by atoms with E-state index in [1.165, 1.54) is 6.92 Å². The summed E-state index contributed by atoms with van der Waals surface area (Å²) >= 11 is 0. The Balaban J connectivity index is 3.06. The van der Waals surface area contributed by atoms with Crippen LogP contribution < -0.4 is 0 Å². The molecule has 0 aromatic heterocycles. The Bertz CT molecular complexity index is 520. The van der Waals surface area contributed by atoms with Crippen LogP contribution in [0.2, 0.25) is 0 Å². The van der Waals surface area contributed by atoms with E-state index in [4.69, 9.17) is 19.7 Å². The van der Waals surface area contributed by atoms with Crippen LogP contribution >= 0.6 is 0 Å². The molecule has 23 heavy (non-hydrogen) atoms. The van der Waals surface area contributed by atoms with Crippen LogP contribution in [0.4, 0.5) is 0 Å². The Hall–Kier alpha value is -2.59. The molecule has 0 radical (unpaired) electrons. The van der Waals surface area contributed by atoms with Gasteiger partial charge in [0.05, 0.1) is 0 Å². The third-order valence-electron chi connectivity index (χ3n) is 3.16. The molecular formula is C11H16N4O8. The first-order chi connectivity index (χ1) is 10.8. The van der Waals surface area contributed by atoms with Crippen LogP contribution in [0.15, 0.2) is 5.11 Å². The minimum atomic E-state index is -1.60. The number of esters is 2. The number of rotatable bonds is 6. The molecular weight excluding hydrogens is 316 g/mol. The van der Waals surface area contributed by atoms with Crippen LogP contribution in [0.25, 0.3) is 10.4 Å². The number of carbonyl (C=O) groups is 2. The third kappa shape index (κ3) is 5.27. The van der Waals surface area contributed by atoms with Crippen LogP contribution in [0.3, 0.4) is 0 Å². The molecule has 1 heterocycles. The fraction of sp³-hybridized carbons (Fsp3) is 0.818. The quantitative estimate of drug-likeness (QED) is 0.171. The molecule has 0 aromatic rings. The van der Waals surface area contributed by atoms with Crippen molar-refractivity contribution in [3.05, 3.63) is 20.6 Å². The predicted octanol–water partition coefficient (Wildman–Crippen LogP) is 0.729. The van der Waals surface area contributed by atoms with Gasteiger partial charge in [-0.3, -0.25) is 14.4 Å². The Kier molecular flexibility index (Phi) is 6.54. The van der Waals surface area contributed by atoms with Crippen molar-refractivity contribution in [1.29, 1.82) is 0 Å². The van der Waals surface area contributed by atoms with Crippen LogP contribution in [0, 0.1) is 16.0 Å². The van der Waals surface area contributed by atoms with Crippen LogP contribution in [-0.4, -0.2) is 48.2 Å². The highest BCUT2D eigenvalue weighted by atomic mass is 17.0. The van der Waals surface area contributed by atoms with Crippen molar-refractivity contribution in [1.82, 2.24) is 0 Å². The molecule has 0 aromatic carbocycles. The first-order valence-electron chi connectivity index (χ1n) is 6.57. The first-order valence-corrected chi connectivity index (χ1v) is 6.57. The van der Waals surface area contributed by atoms with Gasteiger partial charge in [0.25, 0.3) is 5.09 Å². The summed E-state index contributed by atoms with van der Waals surface area (Å²) in [7, 11) is 0. The average Bonchev–Trinajstić information content (AvgIpc) is 2.43. The molecule has 12 heteroatoms. The van der Waals surface area contributed by atoms with Gasteiger partial charge in [-0.2, -0.15) is 0 Å². The maximum atomic E-state index is 11.3. The van der Waals surface area contributed by atoms with E-state index in [0.29, 0.717) is 0 Å². The Morgan fingerprint density at radius 1 is 1.39 bits per heavy atom. The minimum Gasteiger partial charge on any atom is -0.463 e. The van der Waals surface area contributed by atoms with Gasteiger partial charge in [0.15, 0.2) is 0 Å². The van der Waals surface area contributed by atoms with Crippen molar-refractivity contribution in [2.45, 2.75) is 45.3 Å². The van der Waals surface area contributed by atoms with Gasteiger partial charge in [-0.15, -0.1) is 10.1 Å². The highest BCUT2D eigenvalue weighted by Gasteiger charge is 2.47. The summed E-state index contributed by atoms with van der Waals surface area (Å²) in [6.07, 6.45) is -3.48. The van der Waals surface area contributed by atoms with Gasteiger partial charge in [-0.1, -0.05) is 12.0 Å². The van der Waals surface area contributed by atoms with Crippen LogP contribution in [0.1, 0.15) is 20.8 Å². The first kappa shape index (κ1) is 18.5. The topological polar surface area (TPSA) is 163 Å². The fourth-order valence-corrected chi connectivity index (χ4v) is 2.17. The van der Waals surface area contributed by atoms with Gasteiger partial charge in [0, 0.05) is 24.7 Å². The lowest BCUT2D eigenvalue weighted by Crippen LogP contribution is -2.56. The van der Waals surface area contributed by atoms with E-state index in [2.05, 4.69) is 14.9 Å². The zero-order valence-electron chi connectivity index (χ0n) is 12.6. The second kappa shape index (κ2) is 8.15. The van der Waals surface area contributed by atoms with Crippen molar-refractivity contribution in [3.8, 4) is 0 Å². The lowest BCUT2D eigenvalue weighted by molar-refractivity contribution is -0.783. The molecule has 1 saturated heterocycles. The summed E-state index contributed by atoms with van der Waals surface area (Å²) in [4.78, 5) is 39.7. The maximum absolute atomic E-state index is 11.3. The molecule has 1 unspecified atom stereocenters. The second-order valence-electron chi connectivity index (χ2n) is 4.80. The maximum Gasteiger partial charge on any atom is 0.302 e. The summed E-state index contributed by atoms with van der Waals surface area (Å²) in [5.41, 5.74) is 8.62. The van der Waals surface area contributed by atoms with Crippen molar-refractivity contribution in [2.75, 3.05) is 6.61 Å². The monoisotopic (exact) mass is 332 g/mol. The van der Waals surface area contributed by atoms with Gasteiger partial charge in [0.2, 0.25) is 6.29 Å². The molecule has 0 bridgehead atoms. The molecule has 0 N–H and O–H groups in total. The van der Waals surface area contributed by atoms with Gasteiger partial charge < -0.3 is 14.2 Å². The van der Waals surface area contributed by atoms with E-state index in [-0.39, 0.29) is 6.61 Å². The molecule has 5 atom stereocenters. The lowest BCUT2D eigenvalue weighted by Gasteiger charge is -2.41. The van der Waals surface area contributed by atoms with Gasteiger partial charge in [0.1, 0.15) is 24.9 Å². The zero-order chi connectivity index (χ0) is 17.6. The number of ether oxygens (including phenoxy) is 3. The standard InChI is InChI=1S/C11H16N4O8/c1-5-8(4-20-6(2)16)22-11(23-15(18)19)9(13-14-12)10(5)21-7(3)17/h5,8-11H,4H2,1-3H3/t5-,8+,9+,10-,11?/m0/s1. The molecule has 1 fully saturated rings. The SMILES string of the molecule is CC(=O)OC[C@H]1OC(O[N+](=O)[O-])[C@H](N=[N+]=[N-])[C@@H](OC(C)=O)[C@H]1C. The number of carbonyl (C=O) groups excluding carboxylic acids is 2. The zero-order valence-corrected chi connectivity index (χ0v) is 12.6. The highest BCUT2D eigenvalue weighted by molar-refractivity contribution is 5.66. The van der Waals surface area contributed by atoms with Crippen LogP contribution in [0.5, 0.6) is 0 Å². The van der Waals surface area contributed by atoms with E-state index in [1.807, 2.05) is 0 Å². The van der Waals surface area contributed by atoms with E-state index >= 15 is 0 Å². The van der Waals surface area contributed by atoms with Crippen molar-refractivity contribution in [3.63, 3.8) is 0 Å².